The van der Waals surface area contributed by atoms with Crippen LogP contribution in [0.1, 0.15) is 51.7 Å². The predicted molar refractivity (Wildman–Crippen MR) is 216 cm³/mol. The average molecular weight is 831 g/mol. The predicted octanol–water partition coefficient (Wildman–Crippen LogP) is 7.14. The SMILES string of the molecule is COc1cc([C@@H]2c3cc4c(cc3[C@@H](O[C@H]3O[C@@H]5CO[C@@H](c6ccccc6)O[C@H]5[C@H](OCc5ccccc5)[C@H]3OCc3ccccc3)[C@H]3COC(=O)[C@H]23)OCO4)cc(OC)c1O. The third kappa shape index (κ3) is 7.56. The number of cyclic esters (lactones) is 1. The largest absolute Gasteiger partial charge is 0.502 e. The molecule has 316 valence electrons. The molecule has 0 unspecified atom stereocenters. The number of hydrogen-bond acceptors (Lipinski definition) is 13. The van der Waals surface area contributed by atoms with E-state index in [1.165, 1.54) is 14.2 Å². The van der Waals surface area contributed by atoms with Crippen LogP contribution in [0.15, 0.2) is 115 Å². The maximum absolute atomic E-state index is 14.0. The summed E-state index contributed by atoms with van der Waals surface area (Å²) in [7, 11) is 2.93. The smallest absolute Gasteiger partial charge is 0.310 e. The number of hydrogen-bond donors (Lipinski definition) is 1. The first kappa shape index (κ1) is 39.5. The first-order valence-electron chi connectivity index (χ1n) is 20.5. The maximum atomic E-state index is 14.0. The molecule has 5 aromatic rings. The molecule has 13 heteroatoms. The molecule has 0 aromatic heterocycles. The van der Waals surface area contributed by atoms with E-state index in [1.54, 1.807) is 12.1 Å². The van der Waals surface area contributed by atoms with Gasteiger partial charge in [0.2, 0.25) is 12.5 Å². The zero-order chi connectivity index (χ0) is 41.5. The Kier molecular flexibility index (Phi) is 11.0. The molecule has 0 spiro atoms. The quantitative estimate of drug-likeness (QED) is 0.128. The van der Waals surface area contributed by atoms with Gasteiger partial charge in [-0.2, -0.15) is 0 Å². The molecule has 5 aliphatic rings. The number of ether oxygens (including phenoxy) is 11. The van der Waals surface area contributed by atoms with E-state index in [0.29, 0.717) is 17.1 Å². The van der Waals surface area contributed by atoms with Crippen LogP contribution in [0.4, 0.5) is 0 Å². The van der Waals surface area contributed by atoms with Gasteiger partial charge in [0, 0.05) is 17.4 Å². The van der Waals surface area contributed by atoms with Crippen LogP contribution in [0.2, 0.25) is 0 Å². The molecule has 4 heterocycles. The van der Waals surface area contributed by atoms with Crippen molar-refractivity contribution >= 4 is 5.97 Å². The van der Waals surface area contributed by atoms with Crippen LogP contribution in [0.25, 0.3) is 0 Å². The van der Waals surface area contributed by atoms with Gasteiger partial charge in [0.05, 0.1) is 52.7 Å². The number of phenolic OH excluding ortho intramolecular Hbond substituents is 1. The zero-order valence-corrected chi connectivity index (χ0v) is 33.6. The number of fused-ring (bicyclic) bond motifs is 4. The van der Waals surface area contributed by atoms with Gasteiger partial charge in [-0.1, -0.05) is 91.0 Å². The fraction of sp³-hybridized carbons (Fsp3) is 0.354. The highest BCUT2D eigenvalue weighted by Gasteiger charge is 2.57. The molecule has 1 N–H and O–H groups in total. The fourth-order valence-corrected chi connectivity index (χ4v) is 9.26. The van der Waals surface area contributed by atoms with E-state index >= 15 is 0 Å². The number of aromatic hydroxyl groups is 1. The minimum atomic E-state index is -1.03. The number of carbonyl (C=O) groups excluding carboxylic acids is 1. The monoisotopic (exact) mass is 830 g/mol. The van der Waals surface area contributed by atoms with Gasteiger partial charge in [-0.05, 0) is 52.1 Å². The molecule has 10 atom stereocenters. The second-order valence-corrected chi connectivity index (χ2v) is 15.7. The Balaban J connectivity index is 1.06. The van der Waals surface area contributed by atoms with E-state index in [9.17, 15) is 9.90 Å². The van der Waals surface area contributed by atoms with Crippen molar-refractivity contribution < 1.29 is 62.0 Å². The van der Waals surface area contributed by atoms with Crippen molar-refractivity contribution in [1.29, 1.82) is 0 Å². The third-order valence-electron chi connectivity index (χ3n) is 12.2. The van der Waals surface area contributed by atoms with Crippen LogP contribution < -0.4 is 18.9 Å². The van der Waals surface area contributed by atoms with Crippen LogP contribution in [0.5, 0.6) is 28.7 Å². The van der Waals surface area contributed by atoms with Crippen molar-refractivity contribution in [3.63, 3.8) is 0 Å². The van der Waals surface area contributed by atoms with Crippen LogP contribution in [0, 0.1) is 11.8 Å². The van der Waals surface area contributed by atoms with Crippen molar-refractivity contribution in [2.24, 2.45) is 11.8 Å². The summed E-state index contributed by atoms with van der Waals surface area (Å²) in [6.45, 7) is 0.824. The molecule has 1 aliphatic carbocycles. The molecule has 3 fully saturated rings. The first-order chi connectivity index (χ1) is 30.0. The highest BCUT2D eigenvalue weighted by molar-refractivity contribution is 5.79. The van der Waals surface area contributed by atoms with E-state index in [2.05, 4.69) is 0 Å². The standard InChI is InChI=1S/C48H46O13/c1-51-36-18-30(19-37(52-2)41(36)49)39-31-20-34-35(58-26-57-34)21-32(31)42(33-24-55-46(50)40(33)39)60-48-45(54-23-28-14-8-4-9-15-28)44(53-22-27-12-6-3-7-13-27)43-38(59-48)25-56-47(61-43)29-16-10-5-11-17-29/h3-21,33,38-40,42-45,47-49H,22-26H2,1-2H3/t33-,38+,39+,40-,42+,43+,44-,45+,47+,48+/m0/s1. The normalized spacial score (nSPS) is 28.6. The number of carbonyl (C=O) groups is 1. The minimum Gasteiger partial charge on any atom is -0.502 e. The van der Waals surface area contributed by atoms with Gasteiger partial charge >= 0.3 is 5.97 Å². The molecule has 0 amide bonds. The Morgan fingerprint density at radius 2 is 1.28 bits per heavy atom. The topological polar surface area (TPSA) is 139 Å². The number of benzene rings is 5. The second kappa shape index (κ2) is 17.0. The summed E-state index contributed by atoms with van der Waals surface area (Å²) in [5.41, 5.74) is 5.00. The molecule has 61 heavy (non-hydrogen) atoms. The van der Waals surface area contributed by atoms with Gasteiger partial charge in [-0.25, -0.2) is 0 Å². The maximum Gasteiger partial charge on any atom is 0.310 e. The molecule has 0 radical (unpaired) electrons. The number of phenols is 1. The van der Waals surface area contributed by atoms with Crippen molar-refractivity contribution in [2.45, 2.75) is 62.2 Å². The lowest BCUT2D eigenvalue weighted by atomic mass is 9.66. The Bertz CT molecular complexity index is 2300. The van der Waals surface area contributed by atoms with Crippen LogP contribution >= 0.6 is 0 Å². The molecule has 13 nitrogen and oxygen atoms in total. The Labute approximate surface area is 352 Å². The van der Waals surface area contributed by atoms with Gasteiger partial charge in [0.25, 0.3) is 0 Å². The van der Waals surface area contributed by atoms with E-state index in [-0.39, 0.29) is 56.4 Å². The summed E-state index contributed by atoms with van der Waals surface area (Å²) < 4.78 is 69.8. The molecule has 4 aliphatic heterocycles. The van der Waals surface area contributed by atoms with Gasteiger partial charge in [0.15, 0.2) is 35.6 Å². The molecule has 3 saturated heterocycles. The van der Waals surface area contributed by atoms with E-state index < -0.39 is 60.9 Å². The minimum absolute atomic E-state index is 0.0405. The lowest BCUT2D eigenvalue weighted by Gasteiger charge is -2.50. The van der Waals surface area contributed by atoms with Gasteiger partial charge < -0.3 is 57.2 Å². The summed E-state index contributed by atoms with van der Waals surface area (Å²) in [6.07, 6.45) is -5.17. The highest BCUT2D eigenvalue weighted by atomic mass is 16.8. The van der Waals surface area contributed by atoms with Crippen LogP contribution in [-0.4, -0.2) is 76.0 Å². The Morgan fingerprint density at radius 1 is 0.672 bits per heavy atom. The lowest BCUT2D eigenvalue weighted by Crippen LogP contribution is -2.64. The summed E-state index contributed by atoms with van der Waals surface area (Å²) in [5.74, 6) is -0.814. The average Bonchev–Trinajstić information content (AvgIpc) is 3.94. The van der Waals surface area contributed by atoms with Gasteiger partial charge in [-0.15, -0.1) is 0 Å². The number of esters is 1. The lowest BCUT2D eigenvalue weighted by molar-refractivity contribution is -0.380. The highest BCUT2D eigenvalue weighted by Crippen LogP contribution is 2.57. The van der Waals surface area contributed by atoms with Gasteiger partial charge in [0.1, 0.15) is 24.4 Å². The van der Waals surface area contributed by atoms with Crippen molar-refractivity contribution in [3.05, 3.63) is 149 Å². The van der Waals surface area contributed by atoms with Crippen LogP contribution in [0.3, 0.4) is 0 Å². The summed E-state index contributed by atoms with van der Waals surface area (Å²) in [6, 6.07) is 36.8. The molecule has 5 aromatic carbocycles. The van der Waals surface area contributed by atoms with E-state index in [0.717, 1.165) is 27.8 Å². The molecule has 0 bridgehead atoms. The van der Waals surface area contributed by atoms with E-state index in [1.807, 2.05) is 103 Å². The van der Waals surface area contributed by atoms with Gasteiger partial charge in [-0.3, -0.25) is 4.79 Å². The zero-order valence-electron chi connectivity index (χ0n) is 33.6. The Hall–Kier alpha value is -5.67. The van der Waals surface area contributed by atoms with Crippen molar-refractivity contribution in [3.8, 4) is 28.7 Å². The molecular formula is C48H46O13. The van der Waals surface area contributed by atoms with E-state index in [4.69, 9.17) is 52.1 Å². The van der Waals surface area contributed by atoms with Crippen molar-refractivity contribution in [1.82, 2.24) is 0 Å². The summed E-state index contributed by atoms with van der Waals surface area (Å²) in [4.78, 5) is 14.0. The number of rotatable bonds is 12. The first-order valence-corrected chi connectivity index (χ1v) is 20.5. The molecule has 0 saturated carbocycles. The Morgan fingerprint density at radius 3 is 1.92 bits per heavy atom. The summed E-state index contributed by atoms with van der Waals surface area (Å²) in [5, 5.41) is 10.9. The van der Waals surface area contributed by atoms with Crippen LogP contribution in [-0.2, 0) is 51.2 Å². The second-order valence-electron chi connectivity index (χ2n) is 15.7. The third-order valence-corrected chi connectivity index (χ3v) is 12.2. The number of methoxy groups -OCH3 is 2. The summed E-state index contributed by atoms with van der Waals surface area (Å²) >= 11 is 0. The van der Waals surface area contributed by atoms with Crippen molar-refractivity contribution in [2.75, 3.05) is 34.2 Å². The molecular weight excluding hydrogens is 785 g/mol. The molecule has 10 rings (SSSR count). The fourth-order valence-electron chi connectivity index (χ4n) is 9.26.